The number of carbonyl (C=O) groups is 5. The van der Waals surface area contributed by atoms with E-state index >= 15 is 0 Å². The van der Waals surface area contributed by atoms with Crippen molar-refractivity contribution in [2.45, 2.75) is 58.4 Å². The topological polar surface area (TPSA) is 161 Å². The highest BCUT2D eigenvalue weighted by atomic mass is 16.7. The standard InChI is InChI=1S/C21H24O12/c1-10(22)28-9-16-17(29-11(2)23)18(30-12(3)24)19(31-13(4)25)21(32-16)33-20(27)14-5-7-15(26)8-6-14/h5-8,16-19,21,26H,9H2,1-4H3/t16-,17-,18+,19-,21+/m1/s1. The smallest absolute Gasteiger partial charge is 0.340 e. The lowest BCUT2D eigenvalue weighted by Crippen LogP contribution is -2.63. The van der Waals surface area contributed by atoms with Gasteiger partial charge in [0.2, 0.25) is 12.4 Å². The summed E-state index contributed by atoms with van der Waals surface area (Å²) < 4.78 is 31.6. The van der Waals surface area contributed by atoms with E-state index in [1.165, 1.54) is 24.3 Å². The van der Waals surface area contributed by atoms with Gasteiger partial charge in [-0.25, -0.2) is 4.79 Å². The van der Waals surface area contributed by atoms with Crippen molar-refractivity contribution in [2.24, 2.45) is 0 Å². The number of carbonyl (C=O) groups excluding carboxylic acids is 5. The fraction of sp³-hybridized carbons (Fsp3) is 0.476. The number of benzene rings is 1. The first-order valence-electron chi connectivity index (χ1n) is 9.78. The molecule has 0 aromatic heterocycles. The summed E-state index contributed by atoms with van der Waals surface area (Å²) >= 11 is 0. The maximum Gasteiger partial charge on any atom is 0.340 e. The number of ether oxygens (including phenoxy) is 6. The van der Waals surface area contributed by atoms with Crippen molar-refractivity contribution >= 4 is 29.8 Å². The van der Waals surface area contributed by atoms with Crippen LogP contribution in [0.4, 0.5) is 0 Å². The summed E-state index contributed by atoms with van der Waals surface area (Å²) in [7, 11) is 0. The molecule has 12 nitrogen and oxygen atoms in total. The van der Waals surface area contributed by atoms with Gasteiger partial charge in [0.15, 0.2) is 12.2 Å². The lowest BCUT2D eigenvalue weighted by Gasteiger charge is -2.43. The first kappa shape index (κ1) is 25.6. The molecule has 0 radical (unpaired) electrons. The molecule has 1 fully saturated rings. The van der Waals surface area contributed by atoms with E-state index in [0.717, 1.165) is 27.7 Å². The zero-order chi connectivity index (χ0) is 24.7. The normalized spacial score (nSPS) is 24.2. The Morgan fingerprint density at radius 1 is 0.758 bits per heavy atom. The number of phenolic OH excluding ortho intramolecular Hbond substituents is 1. The molecule has 1 N–H and O–H groups in total. The molecule has 0 unspecified atom stereocenters. The molecular formula is C21H24O12. The lowest BCUT2D eigenvalue weighted by molar-refractivity contribution is -0.294. The van der Waals surface area contributed by atoms with E-state index in [1.54, 1.807) is 0 Å². The van der Waals surface area contributed by atoms with E-state index in [4.69, 9.17) is 28.4 Å². The molecule has 1 heterocycles. The maximum atomic E-state index is 12.6. The Balaban J connectivity index is 2.42. The van der Waals surface area contributed by atoms with Gasteiger partial charge in [0.25, 0.3) is 0 Å². The van der Waals surface area contributed by atoms with Gasteiger partial charge in [-0.3, -0.25) is 19.2 Å². The highest BCUT2D eigenvalue weighted by molar-refractivity contribution is 5.89. The van der Waals surface area contributed by atoms with Gasteiger partial charge in [0, 0.05) is 27.7 Å². The minimum absolute atomic E-state index is 0.0284. The van der Waals surface area contributed by atoms with E-state index < -0.39 is 67.2 Å². The summed E-state index contributed by atoms with van der Waals surface area (Å²) in [4.78, 5) is 59.1. The molecule has 0 saturated carbocycles. The molecule has 180 valence electrons. The van der Waals surface area contributed by atoms with Crippen LogP contribution in [-0.4, -0.2) is 72.3 Å². The molecule has 5 atom stereocenters. The van der Waals surface area contributed by atoms with Crippen LogP contribution in [0, 0.1) is 0 Å². The fourth-order valence-electron chi connectivity index (χ4n) is 3.05. The van der Waals surface area contributed by atoms with E-state index in [9.17, 15) is 29.1 Å². The third-order valence-corrected chi connectivity index (χ3v) is 4.27. The van der Waals surface area contributed by atoms with Gasteiger partial charge in [0.1, 0.15) is 18.5 Å². The average Bonchev–Trinajstić information content (AvgIpc) is 2.70. The molecule has 2 rings (SSSR count). The SMILES string of the molecule is CC(=O)OC[C@H]1O[C@@H](OC(=O)c2ccc(O)cc2)[C@H](OC(C)=O)[C@@H](OC(C)=O)[C@@H]1OC(C)=O. The molecule has 0 bridgehead atoms. The van der Waals surface area contributed by atoms with Gasteiger partial charge >= 0.3 is 29.8 Å². The zero-order valence-electron chi connectivity index (χ0n) is 18.3. The molecule has 0 amide bonds. The molecule has 1 aromatic rings. The van der Waals surface area contributed by atoms with Crippen LogP contribution >= 0.6 is 0 Å². The van der Waals surface area contributed by atoms with Crippen molar-refractivity contribution < 1.29 is 57.5 Å². The Morgan fingerprint density at radius 2 is 1.27 bits per heavy atom. The Morgan fingerprint density at radius 3 is 1.79 bits per heavy atom. The maximum absolute atomic E-state index is 12.6. The van der Waals surface area contributed by atoms with Gasteiger partial charge in [0.05, 0.1) is 5.56 Å². The highest BCUT2D eigenvalue weighted by Gasteiger charge is 2.53. The van der Waals surface area contributed by atoms with Crippen molar-refractivity contribution in [3.05, 3.63) is 29.8 Å². The minimum Gasteiger partial charge on any atom is -0.508 e. The van der Waals surface area contributed by atoms with Gasteiger partial charge in [-0.1, -0.05) is 0 Å². The van der Waals surface area contributed by atoms with Crippen LogP contribution in [0.2, 0.25) is 0 Å². The van der Waals surface area contributed by atoms with Crippen molar-refractivity contribution in [2.75, 3.05) is 6.61 Å². The largest absolute Gasteiger partial charge is 0.508 e. The van der Waals surface area contributed by atoms with Crippen LogP contribution < -0.4 is 0 Å². The first-order chi connectivity index (χ1) is 15.5. The lowest BCUT2D eigenvalue weighted by atomic mass is 9.98. The second-order valence-corrected chi connectivity index (χ2v) is 7.02. The Bertz CT molecular complexity index is 893. The Hall–Kier alpha value is -3.67. The van der Waals surface area contributed by atoms with Gasteiger partial charge in [-0.15, -0.1) is 0 Å². The van der Waals surface area contributed by atoms with Crippen LogP contribution in [0.3, 0.4) is 0 Å². The average molecular weight is 468 g/mol. The fourth-order valence-corrected chi connectivity index (χ4v) is 3.05. The van der Waals surface area contributed by atoms with Gasteiger partial charge < -0.3 is 33.5 Å². The molecule has 0 aliphatic carbocycles. The molecule has 0 spiro atoms. The van der Waals surface area contributed by atoms with E-state index in [1.807, 2.05) is 0 Å². The second-order valence-electron chi connectivity index (χ2n) is 7.02. The number of hydrogen-bond acceptors (Lipinski definition) is 12. The van der Waals surface area contributed by atoms with Crippen molar-refractivity contribution in [1.29, 1.82) is 0 Å². The summed E-state index contributed by atoms with van der Waals surface area (Å²) in [6.45, 7) is 3.91. The van der Waals surface area contributed by atoms with Crippen LogP contribution in [0.15, 0.2) is 24.3 Å². The van der Waals surface area contributed by atoms with Crippen LogP contribution in [0.5, 0.6) is 5.75 Å². The first-order valence-corrected chi connectivity index (χ1v) is 9.78. The second kappa shape index (κ2) is 11.3. The summed E-state index contributed by atoms with van der Waals surface area (Å²) in [6, 6.07) is 5.07. The summed E-state index contributed by atoms with van der Waals surface area (Å²) in [5.74, 6) is -4.11. The minimum atomic E-state index is -1.63. The third-order valence-electron chi connectivity index (χ3n) is 4.27. The molecule has 12 heteroatoms. The van der Waals surface area contributed by atoms with Gasteiger partial charge in [-0.2, -0.15) is 0 Å². The number of aromatic hydroxyl groups is 1. The highest BCUT2D eigenvalue weighted by Crippen LogP contribution is 2.30. The zero-order valence-corrected chi connectivity index (χ0v) is 18.3. The molecule has 33 heavy (non-hydrogen) atoms. The van der Waals surface area contributed by atoms with E-state index in [2.05, 4.69) is 0 Å². The molecule has 1 aliphatic heterocycles. The van der Waals surface area contributed by atoms with E-state index in [0.29, 0.717) is 0 Å². The Kier molecular flexibility index (Phi) is 8.74. The number of hydrogen-bond donors (Lipinski definition) is 1. The van der Waals surface area contributed by atoms with Crippen molar-refractivity contribution in [3.63, 3.8) is 0 Å². The summed E-state index contributed by atoms with van der Waals surface area (Å²) in [5.41, 5.74) is 0.0284. The molecule has 1 aromatic carbocycles. The predicted octanol–water partition coefficient (Wildman–Crippen LogP) is 0.632. The number of esters is 5. The monoisotopic (exact) mass is 468 g/mol. The molecule has 1 saturated heterocycles. The van der Waals surface area contributed by atoms with Gasteiger partial charge in [-0.05, 0) is 24.3 Å². The van der Waals surface area contributed by atoms with Crippen molar-refractivity contribution in [1.82, 2.24) is 0 Å². The predicted molar refractivity (Wildman–Crippen MR) is 105 cm³/mol. The quantitative estimate of drug-likeness (QED) is 0.440. The van der Waals surface area contributed by atoms with Crippen LogP contribution in [0.1, 0.15) is 38.1 Å². The van der Waals surface area contributed by atoms with Crippen LogP contribution in [0.25, 0.3) is 0 Å². The number of phenols is 1. The summed E-state index contributed by atoms with van der Waals surface area (Å²) in [6.07, 6.45) is -7.22. The van der Waals surface area contributed by atoms with Crippen LogP contribution in [-0.2, 0) is 47.6 Å². The number of rotatable bonds is 7. The van der Waals surface area contributed by atoms with Crippen molar-refractivity contribution in [3.8, 4) is 5.75 Å². The summed E-state index contributed by atoms with van der Waals surface area (Å²) in [5, 5.41) is 9.39. The third kappa shape index (κ3) is 7.45. The molecular weight excluding hydrogens is 444 g/mol. The Labute approximate surface area is 188 Å². The molecule has 1 aliphatic rings. The van der Waals surface area contributed by atoms with E-state index in [-0.39, 0.29) is 11.3 Å².